The molecule has 2 N–H and O–H groups in total. The predicted octanol–water partition coefficient (Wildman–Crippen LogP) is 3.65. The fourth-order valence-corrected chi connectivity index (χ4v) is 2.14. The van der Waals surface area contributed by atoms with Gasteiger partial charge in [-0.3, -0.25) is 10.1 Å². The Kier molecular flexibility index (Phi) is 3.89. The van der Waals surface area contributed by atoms with Crippen LogP contribution in [0.4, 0.5) is 17.1 Å². The van der Waals surface area contributed by atoms with Gasteiger partial charge in [0.15, 0.2) is 0 Å². The molecule has 0 atom stereocenters. The number of carboxylic acid groups (broad SMARTS) is 1. The summed E-state index contributed by atoms with van der Waals surface area (Å²) in [5, 5.41) is 23.3. The molecule has 6 nitrogen and oxygen atoms in total. The van der Waals surface area contributed by atoms with Crippen LogP contribution in [0.5, 0.6) is 0 Å². The standard InChI is InChI=1S/C15H14N2O4/c1-9-5-3-6-10(2)13(9)16-14-11(15(18)19)7-4-8-12(14)17(20)21/h3-8,16H,1-2H3,(H,18,19). The topological polar surface area (TPSA) is 92.5 Å². The van der Waals surface area contributed by atoms with Gasteiger partial charge in [-0.05, 0) is 31.0 Å². The summed E-state index contributed by atoms with van der Waals surface area (Å²) < 4.78 is 0. The number of nitro benzene ring substituents is 1. The summed E-state index contributed by atoms with van der Waals surface area (Å²) in [6, 6.07) is 9.55. The minimum absolute atomic E-state index is 0.00704. The molecule has 0 heterocycles. The Morgan fingerprint density at radius 2 is 1.67 bits per heavy atom. The Morgan fingerprint density at radius 3 is 2.19 bits per heavy atom. The molecule has 2 aromatic carbocycles. The molecule has 0 aliphatic heterocycles. The molecule has 0 saturated heterocycles. The van der Waals surface area contributed by atoms with Crippen molar-refractivity contribution in [3.05, 3.63) is 63.2 Å². The first kappa shape index (κ1) is 14.5. The minimum atomic E-state index is -1.22. The number of nitrogens with one attached hydrogen (secondary N) is 1. The molecule has 0 spiro atoms. The third kappa shape index (κ3) is 2.84. The van der Waals surface area contributed by atoms with Crippen LogP contribution in [0.1, 0.15) is 21.5 Å². The van der Waals surface area contributed by atoms with Crippen molar-refractivity contribution >= 4 is 23.0 Å². The van der Waals surface area contributed by atoms with Crippen LogP contribution in [-0.2, 0) is 0 Å². The summed E-state index contributed by atoms with van der Waals surface area (Å²) in [5.41, 5.74) is 2.03. The molecule has 0 radical (unpaired) electrons. The molecule has 0 bridgehead atoms. The number of aryl methyl sites for hydroxylation is 2. The van der Waals surface area contributed by atoms with Crippen LogP contribution in [0.3, 0.4) is 0 Å². The van der Waals surface area contributed by atoms with Gasteiger partial charge in [0, 0.05) is 11.8 Å². The van der Waals surface area contributed by atoms with Gasteiger partial charge in [0.2, 0.25) is 0 Å². The Morgan fingerprint density at radius 1 is 1.10 bits per heavy atom. The van der Waals surface area contributed by atoms with Gasteiger partial charge in [-0.25, -0.2) is 4.79 Å². The number of hydrogen-bond acceptors (Lipinski definition) is 4. The van der Waals surface area contributed by atoms with Crippen molar-refractivity contribution < 1.29 is 14.8 Å². The molecule has 0 saturated carbocycles. The summed E-state index contributed by atoms with van der Waals surface area (Å²) >= 11 is 0. The average Bonchev–Trinajstić information content (AvgIpc) is 2.42. The smallest absolute Gasteiger partial charge is 0.338 e. The third-order valence-electron chi connectivity index (χ3n) is 3.20. The van der Waals surface area contributed by atoms with Crippen LogP contribution in [0, 0.1) is 24.0 Å². The summed E-state index contributed by atoms with van der Waals surface area (Å²) in [5.74, 6) is -1.22. The number of para-hydroxylation sites is 2. The number of hydrogen-bond donors (Lipinski definition) is 2. The van der Waals surface area contributed by atoms with Crippen LogP contribution in [-0.4, -0.2) is 16.0 Å². The number of aromatic carboxylic acids is 1. The molecule has 0 fully saturated rings. The number of carbonyl (C=O) groups is 1. The molecule has 108 valence electrons. The first-order valence-corrected chi connectivity index (χ1v) is 6.25. The van der Waals surface area contributed by atoms with Gasteiger partial charge in [-0.15, -0.1) is 0 Å². The van der Waals surface area contributed by atoms with E-state index in [0.29, 0.717) is 5.69 Å². The molecule has 2 rings (SSSR count). The van der Waals surface area contributed by atoms with Crippen LogP contribution in [0.25, 0.3) is 0 Å². The quantitative estimate of drug-likeness (QED) is 0.661. The highest BCUT2D eigenvalue weighted by Crippen LogP contribution is 2.33. The van der Waals surface area contributed by atoms with E-state index in [1.165, 1.54) is 18.2 Å². The molecular formula is C15H14N2O4. The summed E-state index contributed by atoms with van der Waals surface area (Å²) in [6.07, 6.45) is 0. The van der Waals surface area contributed by atoms with E-state index in [9.17, 15) is 20.0 Å². The van der Waals surface area contributed by atoms with Gasteiger partial charge in [-0.2, -0.15) is 0 Å². The number of benzene rings is 2. The van der Waals surface area contributed by atoms with Gasteiger partial charge in [-0.1, -0.05) is 24.3 Å². The van der Waals surface area contributed by atoms with Crippen LogP contribution >= 0.6 is 0 Å². The number of nitrogens with zero attached hydrogens (tertiary/aromatic N) is 1. The summed E-state index contributed by atoms with van der Waals surface area (Å²) in [7, 11) is 0. The largest absolute Gasteiger partial charge is 0.478 e. The van der Waals surface area contributed by atoms with E-state index in [1.807, 2.05) is 32.0 Å². The Labute approximate surface area is 121 Å². The normalized spacial score (nSPS) is 10.2. The lowest BCUT2D eigenvalue weighted by molar-refractivity contribution is -0.383. The summed E-state index contributed by atoms with van der Waals surface area (Å²) in [4.78, 5) is 21.8. The monoisotopic (exact) mass is 286 g/mol. The van der Waals surface area contributed by atoms with Crippen molar-refractivity contribution in [1.82, 2.24) is 0 Å². The van der Waals surface area contributed by atoms with Crippen LogP contribution in [0.15, 0.2) is 36.4 Å². The lowest BCUT2D eigenvalue weighted by Crippen LogP contribution is -2.07. The van der Waals surface area contributed by atoms with Crippen molar-refractivity contribution in [2.45, 2.75) is 13.8 Å². The maximum absolute atomic E-state index is 11.3. The van der Waals surface area contributed by atoms with Gasteiger partial charge >= 0.3 is 5.97 Å². The van der Waals surface area contributed by atoms with Gasteiger partial charge in [0.05, 0.1) is 10.5 Å². The molecule has 0 aromatic heterocycles. The van der Waals surface area contributed by atoms with E-state index < -0.39 is 10.9 Å². The Balaban J connectivity index is 2.62. The fourth-order valence-electron chi connectivity index (χ4n) is 2.14. The molecule has 0 unspecified atom stereocenters. The van der Waals surface area contributed by atoms with Crippen LogP contribution < -0.4 is 5.32 Å². The maximum Gasteiger partial charge on any atom is 0.338 e. The predicted molar refractivity (Wildman–Crippen MR) is 79.3 cm³/mol. The minimum Gasteiger partial charge on any atom is -0.478 e. The lowest BCUT2D eigenvalue weighted by Gasteiger charge is -2.14. The van der Waals surface area contributed by atoms with Crippen molar-refractivity contribution in [2.75, 3.05) is 5.32 Å². The maximum atomic E-state index is 11.3. The zero-order valence-electron chi connectivity index (χ0n) is 11.6. The number of rotatable bonds is 4. The van der Waals surface area contributed by atoms with Gasteiger partial charge in [0.1, 0.15) is 5.69 Å². The van der Waals surface area contributed by atoms with E-state index in [4.69, 9.17) is 0 Å². The second-order valence-corrected chi connectivity index (χ2v) is 4.65. The second kappa shape index (κ2) is 5.62. The first-order chi connectivity index (χ1) is 9.91. The fraction of sp³-hybridized carbons (Fsp3) is 0.133. The number of anilines is 2. The van der Waals surface area contributed by atoms with E-state index >= 15 is 0 Å². The second-order valence-electron chi connectivity index (χ2n) is 4.65. The first-order valence-electron chi connectivity index (χ1n) is 6.25. The van der Waals surface area contributed by atoms with E-state index in [-0.39, 0.29) is 16.9 Å². The molecular weight excluding hydrogens is 272 g/mol. The zero-order chi connectivity index (χ0) is 15.6. The van der Waals surface area contributed by atoms with Crippen molar-refractivity contribution in [1.29, 1.82) is 0 Å². The average molecular weight is 286 g/mol. The SMILES string of the molecule is Cc1cccc(C)c1Nc1c(C(=O)O)cccc1[N+](=O)[O-]. The molecule has 0 amide bonds. The van der Waals surface area contributed by atoms with Gasteiger partial charge < -0.3 is 10.4 Å². The van der Waals surface area contributed by atoms with E-state index in [2.05, 4.69) is 5.32 Å². The van der Waals surface area contributed by atoms with E-state index in [0.717, 1.165) is 11.1 Å². The van der Waals surface area contributed by atoms with Crippen LogP contribution in [0.2, 0.25) is 0 Å². The Bertz CT molecular complexity index is 673. The lowest BCUT2D eigenvalue weighted by atomic mass is 10.1. The highest BCUT2D eigenvalue weighted by molar-refractivity contribution is 5.98. The van der Waals surface area contributed by atoms with Crippen molar-refractivity contribution in [3.8, 4) is 0 Å². The molecule has 6 heteroatoms. The third-order valence-corrected chi connectivity index (χ3v) is 3.20. The van der Waals surface area contributed by atoms with E-state index in [1.54, 1.807) is 0 Å². The van der Waals surface area contributed by atoms with Crippen molar-refractivity contribution in [3.63, 3.8) is 0 Å². The molecule has 0 aliphatic rings. The number of carboxylic acids is 1. The van der Waals surface area contributed by atoms with Crippen molar-refractivity contribution in [2.24, 2.45) is 0 Å². The Hall–Kier alpha value is -2.89. The molecule has 21 heavy (non-hydrogen) atoms. The molecule has 0 aliphatic carbocycles. The summed E-state index contributed by atoms with van der Waals surface area (Å²) in [6.45, 7) is 3.70. The highest BCUT2D eigenvalue weighted by Gasteiger charge is 2.22. The zero-order valence-corrected chi connectivity index (χ0v) is 11.6. The van der Waals surface area contributed by atoms with Gasteiger partial charge in [0.25, 0.3) is 5.69 Å². The number of nitro groups is 1. The highest BCUT2D eigenvalue weighted by atomic mass is 16.6. The molecule has 2 aromatic rings.